The Morgan fingerprint density at radius 2 is 1.65 bits per heavy atom. The van der Waals surface area contributed by atoms with E-state index in [0.717, 1.165) is 5.69 Å². The van der Waals surface area contributed by atoms with E-state index < -0.39 is 7.12 Å². The third-order valence-corrected chi connectivity index (χ3v) is 3.51. The van der Waals surface area contributed by atoms with Gasteiger partial charge in [0.1, 0.15) is 0 Å². The van der Waals surface area contributed by atoms with Crippen LogP contribution in [0.15, 0.2) is 6.07 Å². The van der Waals surface area contributed by atoms with E-state index in [4.69, 9.17) is 20.9 Å². The van der Waals surface area contributed by atoms with E-state index in [9.17, 15) is 0 Å². The van der Waals surface area contributed by atoms with Gasteiger partial charge in [-0.25, -0.2) is 9.97 Å². The molecule has 1 fully saturated rings. The first-order valence-electron chi connectivity index (χ1n) is 5.58. The van der Waals surface area contributed by atoms with E-state index >= 15 is 0 Å². The van der Waals surface area contributed by atoms with Gasteiger partial charge in [-0.2, -0.15) is 0 Å². The normalized spacial score (nSPS) is 21.9. The van der Waals surface area contributed by atoms with Gasteiger partial charge in [0, 0.05) is 5.69 Å². The molecule has 0 atom stereocenters. The minimum atomic E-state index is -0.487. The van der Waals surface area contributed by atoms with Crippen LogP contribution in [-0.4, -0.2) is 28.3 Å². The van der Waals surface area contributed by atoms with Crippen molar-refractivity contribution in [3.63, 3.8) is 0 Å². The molecule has 92 valence electrons. The molecule has 1 aromatic heterocycles. The molecular weight excluding hydrogens is 238 g/mol. The molecule has 0 unspecified atom stereocenters. The molecule has 0 saturated carbocycles. The van der Waals surface area contributed by atoms with E-state index in [2.05, 4.69) is 9.97 Å². The molecule has 0 aliphatic carbocycles. The van der Waals surface area contributed by atoms with Crippen molar-refractivity contribution in [2.45, 2.75) is 45.8 Å². The molecule has 1 aliphatic rings. The van der Waals surface area contributed by atoms with Gasteiger partial charge in [-0.1, -0.05) is 0 Å². The molecule has 0 amide bonds. The van der Waals surface area contributed by atoms with Crippen molar-refractivity contribution in [2.24, 2.45) is 0 Å². The van der Waals surface area contributed by atoms with E-state index in [-0.39, 0.29) is 16.5 Å². The number of hydrogen-bond donors (Lipinski definition) is 0. The van der Waals surface area contributed by atoms with Gasteiger partial charge >= 0.3 is 7.12 Å². The van der Waals surface area contributed by atoms with Crippen LogP contribution in [0.5, 0.6) is 0 Å². The van der Waals surface area contributed by atoms with E-state index in [1.807, 2.05) is 40.7 Å². The molecule has 0 radical (unpaired) electrons. The summed E-state index contributed by atoms with van der Waals surface area (Å²) in [7, 11) is -0.487. The highest BCUT2D eigenvalue weighted by Gasteiger charge is 2.52. The first-order chi connectivity index (χ1) is 7.71. The molecule has 0 bridgehead atoms. The van der Waals surface area contributed by atoms with Crippen molar-refractivity contribution in [3.8, 4) is 0 Å². The maximum absolute atomic E-state index is 5.89. The minimum Gasteiger partial charge on any atom is -0.398 e. The SMILES string of the molecule is Cc1cc(B2OC(C)(C)C(C)(C)O2)nc(Cl)n1. The number of nitrogens with zero attached hydrogens (tertiary/aromatic N) is 2. The molecule has 4 nitrogen and oxygen atoms in total. The van der Waals surface area contributed by atoms with Gasteiger partial charge in [0.05, 0.1) is 16.8 Å². The fourth-order valence-corrected chi connectivity index (χ4v) is 1.87. The molecule has 0 N–H and O–H groups in total. The summed E-state index contributed by atoms with van der Waals surface area (Å²) < 4.78 is 11.8. The Labute approximate surface area is 107 Å². The lowest BCUT2D eigenvalue weighted by molar-refractivity contribution is 0.00578. The predicted molar refractivity (Wildman–Crippen MR) is 67.5 cm³/mol. The summed E-state index contributed by atoms with van der Waals surface area (Å²) in [4.78, 5) is 8.17. The maximum atomic E-state index is 5.89. The zero-order valence-electron chi connectivity index (χ0n) is 10.7. The van der Waals surface area contributed by atoms with Crippen LogP contribution >= 0.6 is 11.6 Å². The smallest absolute Gasteiger partial charge is 0.398 e. The van der Waals surface area contributed by atoms with Gasteiger partial charge < -0.3 is 9.31 Å². The third kappa shape index (κ3) is 2.32. The quantitative estimate of drug-likeness (QED) is 0.566. The fraction of sp³-hybridized carbons (Fsp3) is 0.636. The van der Waals surface area contributed by atoms with E-state index in [1.165, 1.54) is 0 Å². The third-order valence-electron chi connectivity index (χ3n) is 3.34. The Bertz CT molecular complexity index is 415. The van der Waals surface area contributed by atoms with Gasteiger partial charge in [-0.15, -0.1) is 0 Å². The van der Waals surface area contributed by atoms with E-state index in [0.29, 0.717) is 5.59 Å². The summed E-state index contributed by atoms with van der Waals surface area (Å²) in [6, 6.07) is 1.83. The van der Waals surface area contributed by atoms with Gasteiger partial charge in [0.25, 0.3) is 0 Å². The topological polar surface area (TPSA) is 44.2 Å². The molecule has 6 heteroatoms. The number of rotatable bonds is 1. The van der Waals surface area contributed by atoms with Crippen molar-refractivity contribution >= 4 is 24.3 Å². The highest BCUT2D eigenvalue weighted by molar-refractivity contribution is 6.61. The van der Waals surface area contributed by atoms with Crippen molar-refractivity contribution in [1.82, 2.24) is 9.97 Å². The second kappa shape index (κ2) is 3.94. The fourth-order valence-electron chi connectivity index (χ4n) is 1.64. The average molecular weight is 255 g/mol. The Hall–Kier alpha value is -0.645. The Balaban J connectivity index is 2.32. The zero-order chi connectivity index (χ0) is 12.8. The van der Waals surface area contributed by atoms with Gasteiger partial charge in [-0.05, 0) is 52.3 Å². The zero-order valence-corrected chi connectivity index (χ0v) is 11.5. The predicted octanol–water partition coefficient (Wildman–Crippen LogP) is 1.74. The van der Waals surface area contributed by atoms with Crippen LogP contribution in [0, 0.1) is 6.92 Å². The molecule has 0 aromatic carbocycles. The molecule has 1 aromatic rings. The standard InChI is InChI=1S/C11H16BClN2O2/c1-7-6-8(15-9(13)14-7)12-16-10(2,3)11(4,5)17-12/h6H,1-5H3. The second-order valence-electron chi connectivity index (χ2n) is 5.29. The molecule has 2 rings (SSSR count). The monoisotopic (exact) mass is 254 g/mol. The summed E-state index contributed by atoms with van der Waals surface area (Å²) in [5.41, 5.74) is 0.724. The lowest BCUT2D eigenvalue weighted by atomic mass is 9.84. The Kier molecular flexibility index (Phi) is 2.96. The summed E-state index contributed by atoms with van der Waals surface area (Å²) in [6.07, 6.45) is 0. The molecular formula is C11H16BClN2O2. The first kappa shape index (κ1) is 12.8. The highest BCUT2D eigenvalue weighted by atomic mass is 35.5. The highest BCUT2D eigenvalue weighted by Crippen LogP contribution is 2.36. The van der Waals surface area contributed by atoms with Crippen molar-refractivity contribution in [1.29, 1.82) is 0 Å². The van der Waals surface area contributed by atoms with Crippen LogP contribution in [0.25, 0.3) is 0 Å². The first-order valence-corrected chi connectivity index (χ1v) is 5.96. The largest absolute Gasteiger partial charge is 0.514 e. The summed E-state index contributed by atoms with van der Waals surface area (Å²) in [5, 5.41) is 0.217. The summed E-state index contributed by atoms with van der Waals surface area (Å²) in [6.45, 7) is 9.87. The number of aromatic nitrogens is 2. The van der Waals surface area contributed by atoms with Crippen LogP contribution in [0.2, 0.25) is 5.28 Å². The number of halogens is 1. The molecule has 0 spiro atoms. The van der Waals surface area contributed by atoms with E-state index in [1.54, 1.807) is 0 Å². The van der Waals surface area contributed by atoms with Crippen LogP contribution < -0.4 is 5.59 Å². The average Bonchev–Trinajstić information content (AvgIpc) is 2.34. The Morgan fingerprint density at radius 1 is 1.12 bits per heavy atom. The van der Waals surface area contributed by atoms with Crippen molar-refractivity contribution < 1.29 is 9.31 Å². The van der Waals surface area contributed by atoms with Gasteiger partial charge in [0.15, 0.2) is 0 Å². The molecule has 2 heterocycles. The lowest BCUT2D eigenvalue weighted by Crippen LogP contribution is -2.41. The molecule has 17 heavy (non-hydrogen) atoms. The molecule has 1 aliphatic heterocycles. The number of aryl methyl sites for hydroxylation is 1. The Morgan fingerprint density at radius 3 is 2.12 bits per heavy atom. The maximum Gasteiger partial charge on any atom is 0.514 e. The molecule has 1 saturated heterocycles. The second-order valence-corrected chi connectivity index (χ2v) is 5.63. The van der Waals surface area contributed by atoms with Crippen molar-refractivity contribution in [3.05, 3.63) is 17.0 Å². The van der Waals surface area contributed by atoms with Crippen molar-refractivity contribution in [2.75, 3.05) is 0 Å². The summed E-state index contributed by atoms with van der Waals surface area (Å²) in [5.74, 6) is 0. The van der Waals surface area contributed by atoms with Crippen LogP contribution in [0.4, 0.5) is 0 Å². The number of hydrogen-bond acceptors (Lipinski definition) is 4. The summed E-state index contributed by atoms with van der Waals surface area (Å²) >= 11 is 5.84. The lowest BCUT2D eigenvalue weighted by Gasteiger charge is -2.32. The van der Waals surface area contributed by atoms with Gasteiger partial charge in [-0.3, -0.25) is 0 Å². The van der Waals surface area contributed by atoms with Crippen LogP contribution in [0.3, 0.4) is 0 Å². The minimum absolute atomic E-state index is 0.217. The van der Waals surface area contributed by atoms with Gasteiger partial charge in [0.2, 0.25) is 5.28 Å². The van der Waals surface area contributed by atoms with Crippen LogP contribution in [0.1, 0.15) is 33.4 Å². The van der Waals surface area contributed by atoms with Crippen LogP contribution in [-0.2, 0) is 9.31 Å².